The van der Waals surface area contributed by atoms with Gasteiger partial charge in [0.05, 0.1) is 17.1 Å². The lowest BCUT2D eigenvalue weighted by Gasteiger charge is -2.07. The minimum absolute atomic E-state index is 0.0613. The molecule has 0 saturated carbocycles. The van der Waals surface area contributed by atoms with Crippen LogP contribution in [-0.4, -0.2) is 45.5 Å². The Morgan fingerprint density at radius 1 is 1.17 bits per heavy atom. The molecule has 2 aromatic rings. The van der Waals surface area contributed by atoms with Gasteiger partial charge < -0.3 is 15.4 Å². The molecule has 0 aliphatic rings. The Bertz CT molecular complexity index is 689. The van der Waals surface area contributed by atoms with Crippen LogP contribution in [0.3, 0.4) is 0 Å². The third-order valence-corrected chi connectivity index (χ3v) is 2.84. The van der Waals surface area contributed by atoms with Crippen molar-refractivity contribution in [2.24, 2.45) is 0 Å². The molecule has 0 aromatic carbocycles. The molecule has 0 amide bonds. The third kappa shape index (κ3) is 4.87. The normalized spacial score (nSPS) is 10.0. The van der Waals surface area contributed by atoms with E-state index in [1.165, 1.54) is 30.7 Å². The molecule has 2 heterocycles. The highest BCUT2D eigenvalue weighted by atomic mass is 16.6. The largest absolute Gasteiger partial charge is 0.462 e. The maximum Gasteiger partial charge on any atom is 0.341 e. The van der Waals surface area contributed by atoms with Crippen molar-refractivity contribution in [2.75, 3.05) is 30.3 Å². The van der Waals surface area contributed by atoms with Gasteiger partial charge >= 0.3 is 5.97 Å². The highest BCUT2D eigenvalue weighted by molar-refractivity contribution is 5.88. The van der Waals surface area contributed by atoms with Crippen molar-refractivity contribution in [2.45, 2.75) is 6.92 Å². The van der Waals surface area contributed by atoms with Gasteiger partial charge in [-0.3, -0.25) is 10.1 Å². The summed E-state index contributed by atoms with van der Waals surface area (Å²) in [6, 6.07) is 2.91. The SMILES string of the molecule is CCOC(=O)c1cnc(NCCNc2ccc([N+](=O)[O-])cn2)nc1. The first kappa shape index (κ1) is 17.1. The summed E-state index contributed by atoms with van der Waals surface area (Å²) in [4.78, 5) is 33.4. The Labute approximate surface area is 137 Å². The number of anilines is 2. The number of nitrogens with one attached hydrogen (secondary N) is 2. The molecule has 0 fully saturated rings. The number of ether oxygens (including phenoxy) is 1. The van der Waals surface area contributed by atoms with Gasteiger partial charge in [0.25, 0.3) is 5.69 Å². The smallest absolute Gasteiger partial charge is 0.341 e. The van der Waals surface area contributed by atoms with Crippen molar-refractivity contribution in [1.29, 1.82) is 0 Å². The number of carbonyl (C=O) groups is 1. The zero-order valence-corrected chi connectivity index (χ0v) is 12.9. The van der Waals surface area contributed by atoms with E-state index in [2.05, 4.69) is 25.6 Å². The Morgan fingerprint density at radius 2 is 1.88 bits per heavy atom. The number of hydrogen-bond donors (Lipinski definition) is 2. The summed E-state index contributed by atoms with van der Waals surface area (Å²) in [5, 5.41) is 16.5. The topological polar surface area (TPSA) is 132 Å². The van der Waals surface area contributed by atoms with Crippen molar-refractivity contribution >= 4 is 23.4 Å². The number of rotatable bonds is 8. The molecule has 0 bridgehead atoms. The van der Waals surface area contributed by atoms with Crippen LogP contribution in [0.15, 0.2) is 30.7 Å². The predicted octanol–water partition coefficient (Wildman–Crippen LogP) is 1.48. The molecular weight excluding hydrogens is 316 g/mol. The number of carbonyl (C=O) groups excluding carboxylic acids is 1. The van der Waals surface area contributed by atoms with Crippen LogP contribution in [0.2, 0.25) is 0 Å². The zero-order chi connectivity index (χ0) is 17.4. The van der Waals surface area contributed by atoms with E-state index >= 15 is 0 Å². The second-order valence-electron chi connectivity index (χ2n) is 4.53. The van der Waals surface area contributed by atoms with Gasteiger partial charge in [0.15, 0.2) is 0 Å². The van der Waals surface area contributed by atoms with Crippen molar-refractivity contribution < 1.29 is 14.5 Å². The molecule has 0 unspecified atom stereocenters. The van der Waals surface area contributed by atoms with Gasteiger partial charge in [-0.1, -0.05) is 0 Å². The molecule has 126 valence electrons. The average Bonchev–Trinajstić information content (AvgIpc) is 2.60. The molecule has 10 nitrogen and oxygen atoms in total. The minimum Gasteiger partial charge on any atom is -0.462 e. The number of aromatic nitrogens is 3. The van der Waals surface area contributed by atoms with Crippen LogP contribution in [0.1, 0.15) is 17.3 Å². The van der Waals surface area contributed by atoms with E-state index in [1.807, 2.05) is 0 Å². The Hall–Kier alpha value is -3.30. The van der Waals surface area contributed by atoms with Crippen LogP contribution in [-0.2, 0) is 4.74 Å². The third-order valence-electron chi connectivity index (χ3n) is 2.84. The van der Waals surface area contributed by atoms with Crippen molar-refractivity contribution in [1.82, 2.24) is 15.0 Å². The van der Waals surface area contributed by atoms with Crippen molar-refractivity contribution in [3.8, 4) is 0 Å². The Balaban J connectivity index is 1.75. The number of esters is 1. The van der Waals surface area contributed by atoms with E-state index in [-0.39, 0.29) is 11.3 Å². The van der Waals surface area contributed by atoms with Gasteiger partial charge in [0, 0.05) is 31.5 Å². The molecule has 0 radical (unpaired) electrons. The fourth-order valence-corrected chi connectivity index (χ4v) is 1.70. The zero-order valence-electron chi connectivity index (χ0n) is 12.9. The molecule has 24 heavy (non-hydrogen) atoms. The van der Waals surface area contributed by atoms with Gasteiger partial charge in [-0.05, 0) is 13.0 Å². The van der Waals surface area contributed by atoms with Gasteiger partial charge in [-0.15, -0.1) is 0 Å². The van der Waals surface area contributed by atoms with Gasteiger partial charge in [-0.2, -0.15) is 0 Å². The summed E-state index contributed by atoms with van der Waals surface area (Å²) in [5.41, 5.74) is 0.226. The van der Waals surface area contributed by atoms with Crippen LogP contribution in [0.4, 0.5) is 17.5 Å². The average molecular weight is 332 g/mol. The molecule has 2 rings (SSSR count). The second kappa shape index (κ2) is 8.36. The van der Waals surface area contributed by atoms with E-state index in [0.29, 0.717) is 31.5 Å². The molecule has 2 N–H and O–H groups in total. The van der Waals surface area contributed by atoms with Crippen molar-refractivity contribution in [3.05, 3.63) is 46.4 Å². The van der Waals surface area contributed by atoms with Crippen LogP contribution >= 0.6 is 0 Å². The number of nitro groups is 1. The lowest BCUT2D eigenvalue weighted by atomic mass is 10.3. The van der Waals surface area contributed by atoms with Crippen LogP contribution in [0.25, 0.3) is 0 Å². The maximum absolute atomic E-state index is 11.5. The predicted molar refractivity (Wildman–Crippen MR) is 85.9 cm³/mol. The quantitative estimate of drug-likeness (QED) is 0.319. The fraction of sp³-hybridized carbons (Fsp3) is 0.286. The standard InChI is InChI=1S/C14H16N6O4/c1-2-24-13(21)10-7-18-14(19-8-10)16-6-5-15-12-4-3-11(9-17-12)20(22)23/h3-4,7-9H,2,5-6H2,1H3,(H,15,17)(H,16,18,19). The maximum atomic E-state index is 11.5. The second-order valence-corrected chi connectivity index (χ2v) is 4.53. The number of nitrogens with zero attached hydrogens (tertiary/aromatic N) is 4. The van der Waals surface area contributed by atoms with Gasteiger partial charge in [0.2, 0.25) is 5.95 Å². The van der Waals surface area contributed by atoms with Gasteiger partial charge in [0.1, 0.15) is 12.0 Å². The first-order valence-corrected chi connectivity index (χ1v) is 7.17. The highest BCUT2D eigenvalue weighted by Gasteiger charge is 2.07. The van der Waals surface area contributed by atoms with Crippen LogP contribution < -0.4 is 10.6 Å². The number of pyridine rings is 1. The van der Waals surface area contributed by atoms with E-state index in [0.717, 1.165) is 0 Å². The summed E-state index contributed by atoms with van der Waals surface area (Å²) in [6.07, 6.45) is 3.96. The molecule has 10 heteroatoms. The van der Waals surface area contributed by atoms with Crippen LogP contribution in [0, 0.1) is 10.1 Å². The van der Waals surface area contributed by atoms with E-state index in [1.54, 1.807) is 6.92 Å². The first-order chi connectivity index (χ1) is 11.6. The molecule has 0 aliphatic heterocycles. The summed E-state index contributed by atoms with van der Waals surface area (Å²) in [6.45, 7) is 3.02. The molecule has 0 spiro atoms. The lowest BCUT2D eigenvalue weighted by molar-refractivity contribution is -0.385. The van der Waals surface area contributed by atoms with Gasteiger partial charge in [-0.25, -0.2) is 19.7 Å². The highest BCUT2D eigenvalue weighted by Crippen LogP contribution is 2.11. The summed E-state index contributed by atoms with van der Waals surface area (Å²) >= 11 is 0. The van der Waals surface area contributed by atoms with E-state index < -0.39 is 10.9 Å². The molecule has 0 aliphatic carbocycles. The molecule has 0 saturated heterocycles. The van der Waals surface area contributed by atoms with Crippen LogP contribution in [0.5, 0.6) is 0 Å². The Morgan fingerprint density at radius 3 is 2.46 bits per heavy atom. The Kier molecular flexibility index (Phi) is 5.95. The minimum atomic E-state index is -0.504. The van der Waals surface area contributed by atoms with Crippen molar-refractivity contribution in [3.63, 3.8) is 0 Å². The first-order valence-electron chi connectivity index (χ1n) is 7.17. The lowest BCUT2D eigenvalue weighted by Crippen LogP contribution is -2.16. The molecular formula is C14H16N6O4. The fourth-order valence-electron chi connectivity index (χ4n) is 1.70. The molecule has 0 atom stereocenters. The summed E-state index contributed by atoms with van der Waals surface area (Å²) < 4.78 is 4.84. The summed E-state index contributed by atoms with van der Waals surface area (Å²) in [7, 11) is 0. The monoisotopic (exact) mass is 332 g/mol. The van der Waals surface area contributed by atoms with E-state index in [9.17, 15) is 14.9 Å². The number of hydrogen-bond acceptors (Lipinski definition) is 9. The van der Waals surface area contributed by atoms with E-state index in [4.69, 9.17) is 4.74 Å². The summed E-state index contributed by atoms with van der Waals surface area (Å²) in [5.74, 6) is 0.442. The molecule has 2 aromatic heterocycles.